The molecule has 3 nitrogen and oxygen atoms in total. The van der Waals surface area contributed by atoms with Crippen LogP contribution in [0.5, 0.6) is 0 Å². The third-order valence-corrected chi connectivity index (χ3v) is 4.08. The summed E-state index contributed by atoms with van der Waals surface area (Å²) < 4.78 is 5.93. The van der Waals surface area contributed by atoms with E-state index in [-0.39, 0.29) is 0 Å². The van der Waals surface area contributed by atoms with E-state index in [0.717, 1.165) is 21.5 Å². The molecular weight excluding hydrogens is 286 g/mol. The zero-order valence-corrected chi connectivity index (χ0v) is 11.6. The van der Waals surface area contributed by atoms with E-state index < -0.39 is 7.12 Å². The van der Waals surface area contributed by atoms with E-state index in [4.69, 9.17) is 16.0 Å². The van der Waals surface area contributed by atoms with Crippen LogP contribution < -0.4 is 5.46 Å². The van der Waals surface area contributed by atoms with Gasteiger partial charge in [0.15, 0.2) is 0 Å². The first-order valence-corrected chi connectivity index (χ1v) is 6.93. The summed E-state index contributed by atoms with van der Waals surface area (Å²) in [5, 5.41) is 23.1. The first-order valence-electron chi connectivity index (χ1n) is 6.55. The van der Waals surface area contributed by atoms with Crippen molar-refractivity contribution in [2.45, 2.75) is 0 Å². The molecule has 0 saturated carbocycles. The number of benzene rings is 3. The fourth-order valence-corrected chi connectivity index (χ4v) is 3.11. The second kappa shape index (κ2) is 4.50. The van der Waals surface area contributed by atoms with Crippen LogP contribution in [0, 0.1) is 0 Å². The molecule has 3 aromatic carbocycles. The van der Waals surface area contributed by atoms with E-state index in [1.807, 2.05) is 36.4 Å². The Bertz CT molecular complexity index is 991. The minimum absolute atomic E-state index is 0.445. The summed E-state index contributed by atoms with van der Waals surface area (Å²) in [4.78, 5) is 0. The van der Waals surface area contributed by atoms with Crippen molar-refractivity contribution in [1.29, 1.82) is 0 Å². The molecule has 0 amide bonds. The van der Waals surface area contributed by atoms with Crippen LogP contribution in [0.15, 0.2) is 52.9 Å². The predicted molar refractivity (Wildman–Crippen MR) is 86.1 cm³/mol. The number of halogens is 1. The quantitative estimate of drug-likeness (QED) is 0.531. The summed E-state index contributed by atoms with van der Waals surface area (Å²) in [6.07, 6.45) is 0. The molecule has 1 aromatic heterocycles. The zero-order valence-electron chi connectivity index (χ0n) is 10.9. The lowest BCUT2D eigenvalue weighted by Crippen LogP contribution is -2.30. The van der Waals surface area contributed by atoms with Gasteiger partial charge in [-0.25, -0.2) is 0 Å². The van der Waals surface area contributed by atoms with Crippen LogP contribution >= 0.6 is 11.6 Å². The Morgan fingerprint density at radius 2 is 1.67 bits per heavy atom. The molecule has 2 N–H and O–H groups in total. The molecule has 0 saturated heterocycles. The van der Waals surface area contributed by atoms with E-state index >= 15 is 0 Å². The molecule has 0 unspecified atom stereocenters. The number of furan rings is 1. The van der Waals surface area contributed by atoms with E-state index in [2.05, 4.69) is 0 Å². The first-order chi connectivity index (χ1) is 10.2. The summed E-state index contributed by atoms with van der Waals surface area (Å²) in [6, 6.07) is 14.7. The van der Waals surface area contributed by atoms with Gasteiger partial charge >= 0.3 is 7.12 Å². The summed E-state index contributed by atoms with van der Waals surface area (Å²) in [5.74, 6) is 0. The maximum absolute atomic E-state index is 9.65. The average molecular weight is 297 g/mol. The van der Waals surface area contributed by atoms with Crippen molar-refractivity contribution in [2.75, 3.05) is 0 Å². The van der Waals surface area contributed by atoms with E-state index in [1.54, 1.807) is 12.1 Å². The highest BCUT2D eigenvalue weighted by Crippen LogP contribution is 2.36. The van der Waals surface area contributed by atoms with Gasteiger partial charge in [0, 0.05) is 16.2 Å². The van der Waals surface area contributed by atoms with Gasteiger partial charge in [-0.05, 0) is 23.0 Å². The van der Waals surface area contributed by atoms with Gasteiger partial charge in [-0.3, -0.25) is 0 Å². The molecule has 4 rings (SSSR count). The Morgan fingerprint density at radius 3 is 2.43 bits per heavy atom. The molecule has 0 aliphatic carbocycles. The van der Waals surface area contributed by atoms with Gasteiger partial charge in [-0.15, -0.1) is 0 Å². The summed E-state index contributed by atoms with van der Waals surface area (Å²) in [7, 11) is -1.55. The molecule has 0 aliphatic rings. The fourth-order valence-electron chi connectivity index (χ4n) is 2.85. The number of fused-ring (bicyclic) bond motifs is 5. The van der Waals surface area contributed by atoms with Gasteiger partial charge in [0.05, 0.1) is 5.02 Å². The highest BCUT2D eigenvalue weighted by atomic mass is 35.5. The number of hydrogen-bond donors (Lipinski definition) is 2. The average Bonchev–Trinajstić information content (AvgIpc) is 2.86. The molecule has 0 spiro atoms. The lowest BCUT2D eigenvalue weighted by molar-refractivity contribution is 0.426. The highest BCUT2D eigenvalue weighted by Gasteiger charge is 2.20. The smallest absolute Gasteiger partial charge is 0.455 e. The third kappa shape index (κ3) is 1.77. The molecule has 0 aliphatic heterocycles. The second-order valence-electron chi connectivity index (χ2n) is 4.98. The van der Waals surface area contributed by atoms with Crippen LogP contribution in [-0.4, -0.2) is 17.2 Å². The highest BCUT2D eigenvalue weighted by molar-refractivity contribution is 6.63. The lowest BCUT2D eigenvalue weighted by atomic mass is 9.76. The summed E-state index contributed by atoms with van der Waals surface area (Å²) >= 11 is 6.28. The molecule has 5 heteroatoms. The van der Waals surface area contributed by atoms with Crippen LogP contribution in [0.3, 0.4) is 0 Å². The normalized spacial score (nSPS) is 11.6. The topological polar surface area (TPSA) is 53.6 Å². The van der Waals surface area contributed by atoms with Gasteiger partial charge in [-0.1, -0.05) is 48.0 Å². The molecular formula is C16H10BClO3. The van der Waals surface area contributed by atoms with Crippen molar-refractivity contribution in [1.82, 2.24) is 0 Å². The van der Waals surface area contributed by atoms with Crippen LogP contribution in [0.4, 0.5) is 0 Å². The SMILES string of the molecule is OB(O)c1cc2c(oc3cccc(Cl)c32)c2ccccc12. The monoisotopic (exact) mass is 296 g/mol. The molecule has 21 heavy (non-hydrogen) atoms. The van der Waals surface area contributed by atoms with E-state index in [0.29, 0.717) is 21.7 Å². The molecule has 0 radical (unpaired) electrons. The molecule has 4 aromatic rings. The molecule has 0 fully saturated rings. The van der Waals surface area contributed by atoms with Gasteiger partial charge in [-0.2, -0.15) is 0 Å². The van der Waals surface area contributed by atoms with Gasteiger partial charge in [0.25, 0.3) is 0 Å². The summed E-state index contributed by atoms with van der Waals surface area (Å²) in [5.41, 5.74) is 1.84. The second-order valence-corrected chi connectivity index (χ2v) is 5.38. The van der Waals surface area contributed by atoms with Gasteiger partial charge in [0.2, 0.25) is 0 Å². The standard InChI is InChI=1S/C16H10BClO3/c18-13-6-3-7-14-15(13)11-8-12(17(19)20)9-4-1-2-5-10(9)16(11)21-14/h1-8,19-20H. The lowest BCUT2D eigenvalue weighted by Gasteiger charge is -2.06. The minimum Gasteiger partial charge on any atom is -0.455 e. The summed E-state index contributed by atoms with van der Waals surface area (Å²) in [6.45, 7) is 0. The van der Waals surface area contributed by atoms with Crippen LogP contribution in [0.2, 0.25) is 5.02 Å². The first kappa shape index (κ1) is 12.7. The largest absolute Gasteiger partial charge is 0.489 e. The number of hydrogen-bond acceptors (Lipinski definition) is 3. The van der Waals surface area contributed by atoms with E-state index in [9.17, 15) is 10.0 Å². The van der Waals surface area contributed by atoms with E-state index in [1.165, 1.54) is 0 Å². The van der Waals surface area contributed by atoms with Crippen molar-refractivity contribution in [3.8, 4) is 0 Å². The Morgan fingerprint density at radius 1 is 0.905 bits per heavy atom. The fraction of sp³-hybridized carbons (Fsp3) is 0. The maximum atomic E-state index is 9.65. The molecule has 102 valence electrons. The van der Waals surface area contributed by atoms with Gasteiger partial charge in [0.1, 0.15) is 11.2 Å². The van der Waals surface area contributed by atoms with Crippen molar-refractivity contribution >= 4 is 56.9 Å². The zero-order chi connectivity index (χ0) is 14.6. The Balaban J connectivity index is 2.31. The van der Waals surface area contributed by atoms with Crippen LogP contribution in [-0.2, 0) is 0 Å². The molecule has 1 heterocycles. The predicted octanol–water partition coefficient (Wildman–Crippen LogP) is 3.07. The van der Waals surface area contributed by atoms with Crippen molar-refractivity contribution in [3.05, 3.63) is 53.6 Å². The Hall–Kier alpha value is -2.01. The Labute approximate surface area is 125 Å². The molecule has 0 bridgehead atoms. The molecule has 0 atom stereocenters. The van der Waals surface area contributed by atoms with Crippen molar-refractivity contribution < 1.29 is 14.5 Å². The van der Waals surface area contributed by atoms with Crippen molar-refractivity contribution in [3.63, 3.8) is 0 Å². The van der Waals surface area contributed by atoms with Crippen LogP contribution in [0.1, 0.15) is 0 Å². The maximum Gasteiger partial charge on any atom is 0.489 e. The van der Waals surface area contributed by atoms with Crippen molar-refractivity contribution in [2.24, 2.45) is 0 Å². The number of rotatable bonds is 1. The van der Waals surface area contributed by atoms with Gasteiger partial charge < -0.3 is 14.5 Å². The minimum atomic E-state index is -1.55. The van der Waals surface area contributed by atoms with Crippen LogP contribution in [0.25, 0.3) is 32.7 Å². The third-order valence-electron chi connectivity index (χ3n) is 3.76. The Kier molecular flexibility index (Phi) is 2.72.